The lowest BCUT2D eigenvalue weighted by Gasteiger charge is -2.27. The topological polar surface area (TPSA) is 61.0 Å². The van der Waals surface area contributed by atoms with Gasteiger partial charge in [-0.2, -0.15) is 5.10 Å². The zero-order chi connectivity index (χ0) is 13.5. The van der Waals surface area contributed by atoms with E-state index in [1.165, 1.54) is 0 Å². The Bertz CT molecular complexity index is 636. The molecular weight excluding hydrogens is 252 g/mol. The predicted octanol–water partition coefficient (Wildman–Crippen LogP) is 1.53. The van der Waals surface area contributed by atoms with Crippen LogP contribution in [-0.2, 0) is 0 Å². The predicted molar refractivity (Wildman–Crippen MR) is 76.6 cm³/mol. The van der Waals surface area contributed by atoms with E-state index in [0.29, 0.717) is 17.8 Å². The number of hydrogen-bond donors (Lipinski definition) is 2. The molecule has 1 aromatic carbocycles. The molecule has 0 radical (unpaired) electrons. The number of hydrogen-bond acceptors (Lipinski definition) is 3. The summed E-state index contributed by atoms with van der Waals surface area (Å²) < 4.78 is 0. The van der Waals surface area contributed by atoms with Crippen molar-refractivity contribution in [3.05, 3.63) is 30.0 Å². The van der Waals surface area contributed by atoms with Crippen LogP contribution >= 0.6 is 0 Å². The minimum absolute atomic E-state index is 0.0821. The first-order valence-electron chi connectivity index (χ1n) is 7.31. The van der Waals surface area contributed by atoms with E-state index in [0.717, 1.165) is 43.3 Å². The van der Waals surface area contributed by atoms with Crippen molar-refractivity contribution in [2.24, 2.45) is 0 Å². The van der Waals surface area contributed by atoms with Crippen molar-refractivity contribution in [2.45, 2.75) is 31.3 Å². The molecule has 0 saturated carbocycles. The van der Waals surface area contributed by atoms with Gasteiger partial charge in [-0.05, 0) is 31.9 Å². The Morgan fingerprint density at radius 2 is 2.05 bits per heavy atom. The molecule has 5 heteroatoms. The number of benzene rings is 1. The van der Waals surface area contributed by atoms with Crippen LogP contribution in [0.1, 0.15) is 29.8 Å². The molecule has 5 nitrogen and oxygen atoms in total. The largest absolute Gasteiger partial charge is 0.330 e. The van der Waals surface area contributed by atoms with Gasteiger partial charge in [-0.25, -0.2) is 0 Å². The Morgan fingerprint density at radius 1 is 1.20 bits per heavy atom. The number of nitrogens with zero attached hydrogens (tertiary/aromatic N) is 2. The van der Waals surface area contributed by atoms with Crippen LogP contribution < -0.4 is 5.32 Å². The van der Waals surface area contributed by atoms with E-state index >= 15 is 0 Å². The van der Waals surface area contributed by atoms with Crippen molar-refractivity contribution >= 4 is 16.8 Å². The van der Waals surface area contributed by atoms with Gasteiger partial charge in [-0.15, -0.1) is 0 Å². The second kappa shape index (κ2) is 4.59. The number of carbonyl (C=O) groups is 1. The summed E-state index contributed by atoms with van der Waals surface area (Å²) in [7, 11) is 0. The molecule has 2 N–H and O–H groups in total. The Hall–Kier alpha value is -1.88. The standard InChI is InChI=1S/C15H18N4O/c20-15(14-12-3-1-2-4-13(12)17-18-14)19-10-5-6-11(19)9-16-8-7-10/h1-4,10-11,16H,5-9H2,(H,17,18). The van der Waals surface area contributed by atoms with Gasteiger partial charge in [0.2, 0.25) is 0 Å². The van der Waals surface area contributed by atoms with Gasteiger partial charge >= 0.3 is 0 Å². The highest BCUT2D eigenvalue weighted by Gasteiger charge is 2.39. The highest BCUT2D eigenvalue weighted by molar-refractivity contribution is 6.05. The van der Waals surface area contributed by atoms with Crippen LogP contribution in [0.2, 0.25) is 0 Å². The van der Waals surface area contributed by atoms with Crippen LogP contribution in [0.3, 0.4) is 0 Å². The van der Waals surface area contributed by atoms with Crippen LogP contribution in [0.15, 0.2) is 24.3 Å². The molecular formula is C15H18N4O. The minimum Gasteiger partial charge on any atom is -0.330 e. The lowest BCUT2D eigenvalue weighted by Crippen LogP contribution is -2.42. The summed E-state index contributed by atoms with van der Waals surface area (Å²) >= 11 is 0. The normalized spacial score (nSPS) is 25.9. The third-order valence-electron chi connectivity index (χ3n) is 4.56. The number of para-hydroxylation sites is 1. The minimum atomic E-state index is 0.0821. The molecule has 2 aliphatic rings. The number of aromatic nitrogens is 2. The van der Waals surface area contributed by atoms with E-state index in [1.54, 1.807) is 0 Å². The molecule has 2 atom stereocenters. The van der Waals surface area contributed by atoms with Gasteiger partial charge in [0.05, 0.1) is 5.52 Å². The van der Waals surface area contributed by atoms with Gasteiger partial charge in [-0.3, -0.25) is 9.89 Å². The van der Waals surface area contributed by atoms with E-state index in [4.69, 9.17) is 0 Å². The smallest absolute Gasteiger partial charge is 0.275 e. The first-order valence-corrected chi connectivity index (χ1v) is 7.31. The molecule has 2 saturated heterocycles. The summed E-state index contributed by atoms with van der Waals surface area (Å²) in [6, 6.07) is 8.52. The maximum atomic E-state index is 12.9. The fraction of sp³-hybridized carbons (Fsp3) is 0.467. The number of fused-ring (bicyclic) bond motifs is 3. The Kier molecular flexibility index (Phi) is 2.73. The van der Waals surface area contributed by atoms with Gasteiger partial charge in [0, 0.05) is 24.0 Å². The molecule has 1 amide bonds. The first-order chi connectivity index (χ1) is 9.84. The summed E-state index contributed by atoms with van der Waals surface area (Å²) in [6.45, 7) is 1.91. The molecule has 2 bridgehead atoms. The van der Waals surface area contributed by atoms with Crippen LogP contribution in [-0.4, -0.2) is 46.2 Å². The summed E-state index contributed by atoms with van der Waals surface area (Å²) in [5.41, 5.74) is 1.50. The number of H-pyrrole nitrogens is 1. The molecule has 0 spiro atoms. The molecule has 20 heavy (non-hydrogen) atoms. The second-order valence-electron chi connectivity index (χ2n) is 5.71. The third-order valence-corrected chi connectivity index (χ3v) is 4.56. The van der Waals surface area contributed by atoms with Crippen LogP contribution in [0.25, 0.3) is 10.9 Å². The molecule has 104 valence electrons. The molecule has 2 fully saturated rings. The number of nitrogens with one attached hydrogen (secondary N) is 2. The average molecular weight is 270 g/mol. The molecule has 2 aromatic rings. The second-order valence-corrected chi connectivity index (χ2v) is 5.71. The fourth-order valence-corrected chi connectivity index (χ4v) is 3.56. The van der Waals surface area contributed by atoms with Crippen molar-refractivity contribution in [3.63, 3.8) is 0 Å². The van der Waals surface area contributed by atoms with Crippen molar-refractivity contribution < 1.29 is 4.79 Å². The molecule has 2 aliphatic heterocycles. The molecule has 3 heterocycles. The summed E-state index contributed by atoms with van der Waals surface area (Å²) in [4.78, 5) is 15.0. The lowest BCUT2D eigenvalue weighted by molar-refractivity contribution is 0.0676. The van der Waals surface area contributed by atoms with Crippen molar-refractivity contribution in [1.29, 1.82) is 0 Å². The van der Waals surface area contributed by atoms with Crippen molar-refractivity contribution in [3.8, 4) is 0 Å². The zero-order valence-corrected chi connectivity index (χ0v) is 11.3. The van der Waals surface area contributed by atoms with Crippen molar-refractivity contribution in [1.82, 2.24) is 20.4 Å². The molecule has 2 unspecified atom stereocenters. The van der Waals surface area contributed by atoms with Gasteiger partial charge in [0.25, 0.3) is 5.91 Å². The fourth-order valence-electron chi connectivity index (χ4n) is 3.56. The highest BCUT2D eigenvalue weighted by Crippen LogP contribution is 2.30. The van der Waals surface area contributed by atoms with Gasteiger partial charge < -0.3 is 10.2 Å². The number of aromatic amines is 1. The Morgan fingerprint density at radius 3 is 3.00 bits per heavy atom. The van der Waals surface area contributed by atoms with Gasteiger partial charge in [0.15, 0.2) is 5.69 Å². The summed E-state index contributed by atoms with van der Waals surface area (Å²) in [5.74, 6) is 0.0821. The zero-order valence-electron chi connectivity index (χ0n) is 11.3. The Labute approximate surface area is 117 Å². The first kappa shape index (κ1) is 11.9. The number of carbonyl (C=O) groups excluding carboxylic acids is 1. The maximum Gasteiger partial charge on any atom is 0.275 e. The van der Waals surface area contributed by atoms with Gasteiger partial charge in [-0.1, -0.05) is 18.2 Å². The number of rotatable bonds is 1. The van der Waals surface area contributed by atoms with E-state index in [9.17, 15) is 4.79 Å². The number of amides is 1. The SMILES string of the molecule is O=C(c1n[nH]c2ccccc12)N1C2CCNCC1CC2. The van der Waals surface area contributed by atoms with Crippen LogP contribution in [0.4, 0.5) is 0 Å². The summed E-state index contributed by atoms with van der Waals surface area (Å²) in [6.07, 6.45) is 3.27. The monoisotopic (exact) mass is 270 g/mol. The van der Waals surface area contributed by atoms with E-state index in [-0.39, 0.29) is 5.91 Å². The lowest BCUT2D eigenvalue weighted by atomic mass is 10.1. The molecule has 0 aliphatic carbocycles. The maximum absolute atomic E-state index is 12.9. The average Bonchev–Trinajstić information content (AvgIpc) is 2.98. The highest BCUT2D eigenvalue weighted by atomic mass is 16.2. The van der Waals surface area contributed by atoms with Crippen LogP contribution in [0.5, 0.6) is 0 Å². The van der Waals surface area contributed by atoms with E-state index in [2.05, 4.69) is 20.4 Å². The third kappa shape index (κ3) is 1.73. The Balaban J connectivity index is 1.73. The van der Waals surface area contributed by atoms with Crippen molar-refractivity contribution in [2.75, 3.05) is 13.1 Å². The van der Waals surface area contributed by atoms with Gasteiger partial charge in [0.1, 0.15) is 0 Å². The molecule has 1 aromatic heterocycles. The molecule has 4 rings (SSSR count). The summed E-state index contributed by atoms with van der Waals surface area (Å²) in [5, 5.41) is 11.6. The quantitative estimate of drug-likeness (QED) is 0.826. The van der Waals surface area contributed by atoms with E-state index in [1.807, 2.05) is 24.3 Å². The van der Waals surface area contributed by atoms with E-state index < -0.39 is 0 Å². The van der Waals surface area contributed by atoms with Crippen LogP contribution in [0, 0.1) is 0 Å².